The molecule has 1 saturated heterocycles. The number of methoxy groups -OCH3 is 1. The second-order valence-corrected chi connectivity index (χ2v) is 9.37. The summed E-state index contributed by atoms with van der Waals surface area (Å²) in [6.07, 6.45) is 0.265. The van der Waals surface area contributed by atoms with Gasteiger partial charge >= 0.3 is 0 Å². The average Bonchev–Trinajstić information content (AvgIpc) is 3.57. The van der Waals surface area contributed by atoms with Gasteiger partial charge in [0.25, 0.3) is 6.43 Å². The Morgan fingerprint density at radius 1 is 1.32 bits per heavy atom. The first-order valence-electron chi connectivity index (χ1n) is 11.0. The van der Waals surface area contributed by atoms with E-state index >= 15 is 0 Å². The summed E-state index contributed by atoms with van der Waals surface area (Å²) in [5.41, 5.74) is 9.92. The predicted octanol–water partition coefficient (Wildman–Crippen LogP) is 2.71. The molecule has 4 rings (SSSR count). The molecule has 1 aliphatic carbocycles. The molecule has 31 heavy (non-hydrogen) atoms. The predicted molar refractivity (Wildman–Crippen MR) is 113 cm³/mol. The van der Waals surface area contributed by atoms with Crippen LogP contribution in [0.4, 0.5) is 20.3 Å². The van der Waals surface area contributed by atoms with Crippen LogP contribution in [0.3, 0.4) is 0 Å². The van der Waals surface area contributed by atoms with Gasteiger partial charge in [-0.2, -0.15) is 0 Å². The lowest BCUT2D eigenvalue weighted by atomic mass is 9.89. The third-order valence-corrected chi connectivity index (χ3v) is 6.49. The quantitative estimate of drug-likeness (QED) is 0.736. The molecule has 172 valence electrons. The maximum Gasteiger partial charge on any atom is 0.260 e. The van der Waals surface area contributed by atoms with Crippen molar-refractivity contribution in [2.75, 3.05) is 44.0 Å². The van der Waals surface area contributed by atoms with E-state index in [4.69, 9.17) is 20.2 Å². The van der Waals surface area contributed by atoms with Crippen molar-refractivity contribution in [1.29, 1.82) is 0 Å². The number of piperazine rings is 1. The minimum atomic E-state index is -2.65. The summed E-state index contributed by atoms with van der Waals surface area (Å²) in [7, 11) is 1.49. The molecule has 1 atom stereocenters. The van der Waals surface area contributed by atoms with Crippen LogP contribution >= 0.6 is 0 Å². The molecule has 9 heteroatoms. The van der Waals surface area contributed by atoms with Crippen LogP contribution in [0, 0.1) is 0 Å². The van der Waals surface area contributed by atoms with E-state index in [0.29, 0.717) is 37.0 Å². The summed E-state index contributed by atoms with van der Waals surface area (Å²) in [5.74, 6) is 0.657. The van der Waals surface area contributed by atoms with E-state index in [9.17, 15) is 13.6 Å². The number of ether oxygens (including phenoxy) is 2. The van der Waals surface area contributed by atoms with Crippen LogP contribution < -0.4 is 10.6 Å². The van der Waals surface area contributed by atoms with Gasteiger partial charge in [-0.25, -0.2) is 13.8 Å². The lowest BCUT2D eigenvalue weighted by Crippen LogP contribution is -2.58. The van der Waals surface area contributed by atoms with Gasteiger partial charge in [0.2, 0.25) is 5.91 Å². The zero-order valence-corrected chi connectivity index (χ0v) is 18.5. The van der Waals surface area contributed by atoms with Crippen molar-refractivity contribution in [1.82, 2.24) is 9.88 Å². The van der Waals surface area contributed by atoms with Crippen LogP contribution in [0.15, 0.2) is 0 Å². The maximum atomic E-state index is 13.9. The number of hydrogen-bond acceptors (Lipinski definition) is 6. The van der Waals surface area contributed by atoms with Gasteiger partial charge in [0.05, 0.1) is 36.6 Å². The van der Waals surface area contributed by atoms with Crippen molar-refractivity contribution in [3.05, 3.63) is 16.8 Å². The molecule has 1 aromatic rings. The number of nitrogens with zero attached hydrogens (tertiary/aromatic N) is 3. The van der Waals surface area contributed by atoms with Crippen molar-refractivity contribution in [2.24, 2.45) is 0 Å². The van der Waals surface area contributed by atoms with Crippen molar-refractivity contribution in [3.63, 3.8) is 0 Å². The Bertz CT molecular complexity index is 845. The third kappa shape index (κ3) is 4.48. The van der Waals surface area contributed by atoms with Crippen LogP contribution in [0.2, 0.25) is 0 Å². The number of nitrogens with two attached hydrogens (primary N) is 1. The van der Waals surface area contributed by atoms with E-state index in [-0.39, 0.29) is 37.6 Å². The monoisotopic (exact) mass is 438 g/mol. The Morgan fingerprint density at radius 2 is 2.06 bits per heavy atom. The number of carbonyl (C=O) groups excluding carboxylic acids is 1. The first-order chi connectivity index (χ1) is 14.7. The second kappa shape index (κ2) is 8.50. The van der Waals surface area contributed by atoms with Gasteiger partial charge in [0, 0.05) is 44.6 Å². The number of rotatable bonds is 6. The molecule has 3 heterocycles. The van der Waals surface area contributed by atoms with E-state index in [1.54, 1.807) is 0 Å². The molecule has 0 spiro atoms. The van der Waals surface area contributed by atoms with E-state index in [1.807, 2.05) is 18.7 Å². The number of carbonyl (C=O) groups is 1. The van der Waals surface area contributed by atoms with Crippen LogP contribution in [-0.4, -0.2) is 67.2 Å². The van der Waals surface area contributed by atoms with Crippen molar-refractivity contribution in [2.45, 2.75) is 70.1 Å². The highest BCUT2D eigenvalue weighted by Gasteiger charge is 2.40. The summed E-state index contributed by atoms with van der Waals surface area (Å²) in [6.45, 7) is 5.40. The molecule has 0 aromatic carbocycles. The summed E-state index contributed by atoms with van der Waals surface area (Å²) in [6, 6.07) is -1.19. The zero-order chi connectivity index (χ0) is 22.3. The number of pyridine rings is 1. The Morgan fingerprint density at radius 3 is 2.71 bits per heavy atom. The van der Waals surface area contributed by atoms with E-state index < -0.39 is 12.5 Å². The Hall–Kier alpha value is -2.00. The van der Waals surface area contributed by atoms with Crippen molar-refractivity contribution < 1.29 is 23.0 Å². The highest BCUT2D eigenvalue weighted by atomic mass is 19.3. The molecule has 2 N–H and O–H groups in total. The molecule has 0 bridgehead atoms. The van der Waals surface area contributed by atoms with Crippen molar-refractivity contribution >= 4 is 17.4 Å². The molecule has 1 aromatic heterocycles. The normalized spacial score (nSPS) is 23.2. The van der Waals surface area contributed by atoms with Crippen LogP contribution in [-0.2, 0) is 27.3 Å². The molecule has 1 saturated carbocycles. The minimum Gasteiger partial charge on any atom is -0.395 e. The van der Waals surface area contributed by atoms with Crippen LogP contribution in [0.25, 0.3) is 0 Å². The number of nitrogen functional groups attached to an aromatic ring is 1. The van der Waals surface area contributed by atoms with Crippen LogP contribution in [0.5, 0.6) is 0 Å². The third-order valence-electron chi connectivity index (χ3n) is 6.49. The first kappa shape index (κ1) is 22.2. The van der Waals surface area contributed by atoms with Crippen molar-refractivity contribution in [3.8, 4) is 0 Å². The van der Waals surface area contributed by atoms with Gasteiger partial charge in [0.1, 0.15) is 6.04 Å². The maximum absolute atomic E-state index is 13.9. The molecule has 0 radical (unpaired) electrons. The van der Waals surface area contributed by atoms with E-state index in [2.05, 4.69) is 0 Å². The van der Waals surface area contributed by atoms with Gasteiger partial charge in [-0.3, -0.25) is 4.79 Å². The minimum absolute atomic E-state index is 0.0103. The van der Waals surface area contributed by atoms with E-state index in [1.165, 1.54) is 12.0 Å². The summed E-state index contributed by atoms with van der Waals surface area (Å²) in [5, 5.41) is 0. The number of aromatic nitrogens is 1. The Balaban J connectivity index is 1.64. The lowest BCUT2D eigenvalue weighted by molar-refractivity contribution is -0.138. The number of alkyl halides is 2. The fourth-order valence-electron chi connectivity index (χ4n) is 4.60. The fourth-order valence-corrected chi connectivity index (χ4v) is 4.60. The molecule has 1 amide bonds. The SMILES string of the molecule is COCCC(=O)N1CCN(c2nc(C3CC3)c3c(c2N)CC(C)(C)OC3)CC1C(F)F. The second-order valence-electron chi connectivity index (χ2n) is 9.37. The molecule has 7 nitrogen and oxygen atoms in total. The molecule has 2 aliphatic heterocycles. The molecule has 1 unspecified atom stereocenters. The average molecular weight is 439 g/mol. The number of anilines is 2. The molecular weight excluding hydrogens is 406 g/mol. The van der Waals surface area contributed by atoms with Gasteiger partial charge in [0.15, 0.2) is 5.82 Å². The van der Waals surface area contributed by atoms with Gasteiger partial charge < -0.3 is 25.0 Å². The first-order valence-corrected chi connectivity index (χ1v) is 11.0. The Labute approximate surface area is 181 Å². The van der Waals surface area contributed by atoms with Crippen LogP contribution in [0.1, 0.15) is 55.8 Å². The lowest BCUT2D eigenvalue weighted by Gasteiger charge is -2.42. The summed E-state index contributed by atoms with van der Waals surface area (Å²) < 4.78 is 38.8. The highest BCUT2D eigenvalue weighted by molar-refractivity contribution is 5.77. The Kier molecular flexibility index (Phi) is 6.09. The number of amides is 1. The summed E-state index contributed by atoms with van der Waals surface area (Å²) >= 11 is 0. The van der Waals surface area contributed by atoms with Gasteiger partial charge in [-0.05, 0) is 32.3 Å². The van der Waals surface area contributed by atoms with Gasteiger partial charge in [-0.15, -0.1) is 0 Å². The standard InChI is InChI=1S/C22H32F2N4O3/c1-22(2)10-14-15(12-31-22)19(13-4-5-13)26-21(18(14)25)27-7-8-28(16(11-27)20(23)24)17(29)6-9-30-3/h13,16,20H,4-12,25H2,1-3H3. The van der Waals surface area contributed by atoms with E-state index in [0.717, 1.165) is 29.7 Å². The summed E-state index contributed by atoms with van der Waals surface area (Å²) in [4.78, 5) is 20.4. The van der Waals surface area contributed by atoms with Gasteiger partial charge in [-0.1, -0.05) is 0 Å². The largest absolute Gasteiger partial charge is 0.395 e. The molecule has 2 fully saturated rings. The molecule has 3 aliphatic rings. The topological polar surface area (TPSA) is 80.9 Å². The zero-order valence-electron chi connectivity index (χ0n) is 18.5. The highest BCUT2D eigenvalue weighted by Crippen LogP contribution is 2.46. The number of hydrogen-bond donors (Lipinski definition) is 1. The number of halogens is 2. The molecular formula is C22H32F2N4O3. The number of fused-ring (bicyclic) bond motifs is 1. The fraction of sp³-hybridized carbons (Fsp3) is 0.727. The smallest absolute Gasteiger partial charge is 0.260 e.